The Bertz CT molecular complexity index is 976. The molecule has 10 heteroatoms. The van der Waals surface area contributed by atoms with Crippen LogP contribution in [0.1, 0.15) is 12.0 Å². The maximum absolute atomic E-state index is 12.7. The summed E-state index contributed by atoms with van der Waals surface area (Å²) in [6, 6.07) is 10.8. The van der Waals surface area contributed by atoms with E-state index in [1.807, 2.05) is 0 Å². The molecule has 164 valence electrons. The SMILES string of the molecule is COc1ccc(N2C[C@H](C(=O)OCC(=O)Nc3cccc(C(F)(F)F)c3)CC2=O)cc1. The lowest BCUT2D eigenvalue weighted by Gasteiger charge is -2.17. The van der Waals surface area contributed by atoms with Gasteiger partial charge < -0.3 is 19.7 Å². The first-order chi connectivity index (χ1) is 14.7. The highest BCUT2D eigenvalue weighted by Crippen LogP contribution is 2.31. The van der Waals surface area contributed by atoms with E-state index in [4.69, 9.17) is 9.47 Å². The van der Waals surface area contributed by atoms with Crippen LogP contribution in [0.4, 0.5) is 24.5 Å². The van der Waals surface area contributed by atoms with Crippen molar-refractivity contribution in [1.82, 2.24) is 0 Å². The molecule has 1 saturated heterocycles. The highest BCUT2D eigenvalue weighted by molar-refractivity contribution is 6.00. The Labute approximate surface area is 175 Å². The summed E-state index contributed by atoms with van der Waals surface area (Å²) in [4.78, 5) is 37.9. The van der Waals surface area contributed by atoms with Crippen LogP contribution in [0.5, 0.6) is 5.75 Å². The number of methoxy groups -OCH3 is 1. The predicted molar refractivity (Wildman–Crippen MR) is 104 cm³/mol. The van der Waals surface area contributed by atoms with Crippen LogP contribution in [-0.4, -0.2) is 38.0 Å². The molecule has 1 heterocycles. The Morgan fingerprint density at radius 2 is 1.87 bits per heavy atom. The molecular formula is C21H19F3N2O5. The molecule has 3 rings (SSSR count). The largest absolute Gasteiger partial charge is 0.497 e. The fraction of sp³-hybridized carbons (Fsp3) is 0.286. The number of carbonyl (C=O) groups is 3. The Morgan fingerprint density at radius 1 is 1.16 bits per heavy atom. The minimum Gasteiger partial charge on any atom is -0.497 e. The monoisotopic (exact) mass is 436 g/mol. The molecule has 0 bridgehead atoms. The standard InChI is InChI=1S/C21H19F3N2O5/c1-30-17-7-5-16(6-8-17)26-11-13(9-19(26)28)20(29)31-12-18(27)25-15-4-2-3-14(10-15)21(22,23)24/h2-8,10,13H,9,11-12H2,1H3,(H,25,27)/t13-/m1/s1. The second-order valence-electron chi connectivity index (χ2n) is 6.84. The van der Waals surface area contributed by atoms with Gasteiger partial charge in [0.05, 0.1) is 18.6 Å². The van der Waals surface area contributed by atoms with Gasteiger partial charge in [0.1, 0.15) is 5.75 Å². The number of alkyl halides is 3. The predicted octanol–water partition coefficient (Wildman–Crippen LogP) is 3.25. The third-order valence-electron chi connectivity index (χ3n) is 4.66. The van der Waals surface area contributed by atoms with Crippen LogP contribution in [-0.2, 0) is 25.3 Å². The summed E-state index contributed by atoms with van der Waals surface area (Å²) < 4.78 is 48.2. The lowest BCUT2D eigenvalue weighted by molar-refractivity contribution is -0.151. The molecule has 0 aromatic heterocycles. The molecule has 31 heavy (non-hydrogen) atoms. The summed E-state index contributed by atoms with van der Waals surface area (Å²) in [5.41, 5.74) is -0.383. The van der Waals surface area contributed by atoms with Crippen molar-refractivity contribution in [3.63, 3.8) is 0 Å². The molecule has 2 amide bonds. The topological polar surface area (TPSA) is 84.9 Å². The number of rotatable bonds is 6. The zero-order chi connectivity index (χ0) is 22.6. The van der Waals surface area contributed by atoms with Crippen molar-refractivity contribution >= 4 is 29.2 Å². The molecule has 1 atom stereocenters. The molecule has 2 aromatic rings. The Morgan fingerprint density at radius 3 is 2.52 bits per heavy atom. The van der Waals surface area contributed by atoms with Crippen LogP contribution in [0.3, 0.4) is 0 Å². The summed E-state index contributed by atoms with van der Waals surface area (Å²) in [5.74, 6) is -1.91. The van der Waals surface area contributed by atoms with E-state index in [9.17, 15) is 27.6 Å². The van der Waals surface area contributed by atoms with Gasteiger partial charge >= 0.3 is 12.1 Å². The zero-order valence-electron chi connectivity index (χ0n) is 16.4. The highest BCUT2D eigenvalue weighted by atomic mass is 19.4. The Balaban J connectivity index is 1.52. The fourth-order valence-corrected chi connectivity index (χ4v) is 3.10. The van der Waals surface area contributed by atoms with Gasteiger partial charge in [0.2, 0.25) is 5.91 Å². The maximum atomic E-state index is 12.7. The van der Waals surface area contributed by atoms with Crippen LogP contribution in [0.15, 0.2) is 48.5 Å². The van der Waals surface area contributed by atoms with Crippen molar-refractivity contribution < 1.29 is 37.0 Å². The number of hydrogen-bond acceptors (Lipinski definition) is 5. The van der Waals surface area contributed by atoms with E-state index in [1.54, 1.807) is 24.3 Å². The zero-order valence-corrected chi connectivity index (χ0v) is 16.4. The number of anilines is 2. The van der Waals surface area contributed by atoms with E-state index in [0.29, 0.717) is 11.4 Å². The lowest BCUT2D eigenvalue weighted by atomic mass is 10.1. The first-order valence-corrected chi connectivity index (χ1v) is 9.25. The molecule has 0 saturated carbocycles. The smallest absolute Gasteiger partial charge is 0.416 e. The average molecular weight is 436 g/mol. The second-order valence-corrected chi connectivity index (χ2v) is 6.84. The number of hydrogen-bond donors (Lipinski definition) is 1. The van der Waals surface area contributed by atoms with E-state index in [2.05, 4.69) is 5.32 Å². The lowest BCUT2D eigenvalue weighted by Crippen LogP contribution is -2.28. The van der Waals surface area contributed by atoms with E-state index >= 15 is 0 Å². The molecule has 0 unspecified atom stereocenters. The number of carbonyl (C=O) groups excluding carboxylic acids is 3. The third-order valence-corrected chi connectivity index (χ3v) is 4.66. The molecule has 1 N–H and O–H groups in total. The van der Waals surface area contributed by atoms with Crippen LogP contribution in [0.2, 0.25) is 0 Å². The van der Waals surface area contributed by atoms with Crippen LogP contribution >= 0.6 is 0 Å². The van der Waals surface area contributed by atoms with Gasteiger partial charge in [-0.15, -0.1) is 0 Å². The number of ether oxygens (including phenoxy) is 2. The average Bonchev–Trinajstić information content (AvgIpc) is 3.13. The van der Waals surface area contributed by atoms with Crippen molar-refractivity contribution in [2.24, 2.45) is 5.92 Å². The molecule has 1 fully saturated rings. The van der Waals surface area contributed by atoms with Crippen molar-refractivity contribution in [2.45, 2.75) is 12.6 Å². The number of amides is 2. The summed E-state index contributed by atoms with van der Waals surface area (Å²) in [6.45, 7) is -0.582. The van der Waals surface area contributed by atoms with Gasteiger partial charge in [-0.2, -0.15) is 13.2 Å². The molecular weight excluding hydrogens is 417 g/mol. The summed E-state index contributed by atoms with van der Waals surface area (Å²) in [5, 5.41) is 2.25. The van der Waals surface area contributed by atoms with Crippen molar-refractivity contribution in [2.75, 3.05) is 30.5 Å². The number of benzene rings is 2. The Kier molecular flexibility index (Phi) is 6.47. The van der Waals surface area contributed by atoms with Crippen molar-refractivity contribution in [3.05, 3.63) is 54.1 Å². The van der Waals surface area contributed by atoms with Gasteiger partial charge in [-0.05, 0) is 42.5 Å². The molecule has 1 aliphatic heterocycles. The summed E-state index contributed by atoms with van der Waals surface area (Å²) in [6.07, 6.45) is -4.61. The van der Waals surface area contributed by atoms with E-state index in [1.165, 1.54) is 18.1 Å². The van der Waals surface area contributed by atoms with Gasteiger partial charge in [0, 0.05) is 24.3 Å². The van der Waals surface area contributed by atoms with Crippen LogP contribution < -0.4 is 15.0 Å². The highest BCUT2D eigenvalue weighted by Gasteiger charge is 2.36. The van der Waals surface area contributed by atoms with Gasteiger partial charge in [-0.1, -0.05) is 6.07 Å². The molecule has 2 aromatic carbocycles. The number of nitrogens with zero attached hydrogens (tertiary/aromatic N) is 1. The fourth-order valence-electron chi connectivity index (χ4n) is 3.10. The minimum atomic E-state index is -4.54. The van der Waals surface area contributed by atoms with Gasteiger partial charge in [-0.3, -0.25) is 14.4 Å². The molecule has 7 nitrogen and oxygen atoms in total. The number of halogens is 3. The number of esters is 1. The quantitative estimate of drug-likeness (QED) is 0.703. The van der Waals surface area contributed by atoms with Crippen molar-refractivity contribution in [1.29, 1.82) is 0 Å². The molecule has 0 radical (unpaired) electrons. The van der Waals surface area contributed by atoms with E-state index in [-0.39, 0.29) is 24.6 Å². The minimum absolute atomic E-state index is 0.0693. The van der Waals surface area contributed by atoms with E-state index in [0.717, 1.165) is 18.2 Å². The first kappa shape index (κ1) is 22.1. The summed E-state index contributed by atoms with van der Waals surface area (Å²) >= 11 is 0. The van der Waals surface area contributed by atoms with Crippen LogP contribution in [0, 0.1) is 5.92 Å². The third kappa shape index (κ3) is 5.53. The van der Waals surface area contributed by atoms with Gasteiger partial charge in [0.15, 0.2) is 6.61 Å². The summed E-state index contributed by atoms with van der Waals surface area (Å²) in [7, 11) is 1.52. The Hall–Kier alpha value is -3.56. The van der Waals surface area contributed by atoms with Crippen molar-refractivity contribution in [3.8, 4) is 5.75 Å². The van der Waals surface area contributed by atoms with Crippen LogP contribution in [0.25, 0.3) is 0 Å². The second kappa shape index (κ2) is 9.07. The maximum Gasteiger partial charge on any atom is 0.416 e. The molecule has 0 aliphatic carbocycles. The van der Waals surface area contributed by atoms with E-state index < -0.39 is 36.1 Å². The van der Waals surface area contributed by atoms with Gasteiger partial charge in [-0.25, -0.2) is 0 Å². The normalized spacial score (nSPS) is 16.2. The first-order valence-electron chi connectivity index (χ1n) is 9.25. The molecule has 1 aliphatic rings. The van der Waals surface area contributed by atoms with Gasteiger partial charge in [0.25, 0.3) is 5.91 Å². The number of nitrogens with one attached hydrogen (secondary N) is 1. The molecule has 0 spiro atoms.